The van der Waals surface area contributed by atoms with E-state index < -0.39 is 11.9 Å². The first-order valence-electron chi connectivity index (χ1n) is 8.57. The van der Waals surface area contributed by atoms with E-state index >= 15 is 0 Å². The molecule has 0 unspecified atom stereocenters. The number of imidazole rings is 1. The number of benzene rings is 1. The molecular formula is C19H20N6OS. The number of carbonyl (C=O) groups is 1. The normalized spacial score (nSPS) is 12.6. The number of nitrogens with zero attached hydrogens (tertiary/aromatic N) is 3. The van der Waals surface area contributed by atoms with Crippen LogP contribution in [0.3, 0.4) is 0 Å². The van der Waals surface area contributed by atoms with Gasteiger partial charge in [0.15, 0.2) is 11.5 Å². The number of carbonyl (C=O) groups excluding carboxylic acids is 1. The van der Waals surface area contributed by atoms with Gasteiger partial charge in [0.05, 0.1) is 6.04 Å². The molecule has 4 aromatic rings. The van der Waals surface area contributed by atoms with Crippen LogP contribution in [-0.4, -0.2) is 33.4 Å². The molecule has 0 fully saturated rings. The van der Waals surface area contributed by atoms with Gasteiger partial charge in [-0.15, -0.1) is 11.3 Å². The Morgan fingerprint density at radius 2 is 2.19 bits per heavy atom. The van der Waals surface area contributed by atoms with Crippen molar-refractivity contribution in [2.24, 2.45) is 11.5 Å². The fourth-order valence-corrected chi connectivity index (χ4v) is 4.31. The highest BCUT2D eigenvalue weighted by Gasteiger charge is 2.15. The second-order valence-electron chi connectivity index (χ2n) is 6.48. The second-order valence-corrected chi connectivity index (χ2v) is 7.51. The van der Waals surface area contributed by atoms with Gasteiger partial charge in [-0.25, -0.2) is 9.97 Å². The van der Waals surface area contributed by atoms with Crippen molar-refractivity contribution in [3.8, 4) is 10.4 Å². The van der Waals surface area contributed by atoms with E-state index in [9.17, 15) is 4.79 Å². The number of rotatable bonds is 5. The molecule has 0 aliphatic carbocycles. The number of aryl methyl sites for hydroxylation is 1. The molecule has 3 heterocycles. The zero-order chi connectivity index (χ0) is 19.1. The predicted molar refractivity (Wildman–Crippen MR) is 109 cm³/mol. The van der Waals surface area contributed by atoms with Crippen molar-refractivity contribution in [2.45, 2.75) is 19.4 Å². The number of nitrogens with one attached hydrogen (secondary N) is 1. The fraction of sp³-hybridized carbons (Fsp3) is 0.211. The summed E-state index contributed by atoms with van der Waals surface area (Å²) < 4.78 is 2.12. The molecule has 138 valence electrons. The lowest BCUT2D eigenvalue weighted by Gasteiger charge is -2.08. The summed E-state index contributed by atoms with van der Waals surface area (Å²) in [6, 6.07) is 9.40. The van der Waals surface area contributed by atoms with Crippen molar-refractivity contribution in [2.75, 3.05) is 12.4 Å². The summed E-state index contributed by atoms with van der Waals surface area (Å²) in [6.07, 6.45) is 2.27. The number of nitrogens with two attached hydrogens (primary N) is 2. The molecule has 4 rings (SSSR count). The number of anilines is 1. The Morgan fingerprint density at radius 3 is 2.93 bits per heavy atom. The average molecular weight is 380 g/mol. The number of hydrogen-bond acceptors (Lipinski definition) is 6. The second kappa shape index (κ2) is 6.64. The maximum atomic E-state index is 11.2. The Bertz CT molecular complexity index is 1160. The van der Waals surface area contributed by atoms with Crippen LogP contribution < -0.4 is 16.8 Å². The molecule has 0 saturated carbocycles. The van der Waals surface area contributed by atoms with E-state index in [2.05, 4.69) is 20.8 Å². The summed E-state index contributed by atoms with van der Waals surface area (Å²) in [6.45, 7) is 2.03. The lowest BCUT2D eigenvalue weighted by Crippen LogP contribution is -2.38. The molecule has 0 aliphatic heterocycles. The quantitative estimate of drug-likeness (QED) is 0.492. The van der Waals surface area contributed by atoms with Crippen molar-refractivity contribution in [1.82, 2.24) is 14.4 Å². The average Bonchev–Trinajstić information content (AvgIpc) is 3.24. The van der Waals surface area contributed by atoms with Crippen LogP contribution in [0.4, 0.5) is 5.82 Å². The molecule has 3 aromatic heterocycles. The number of aromatic nitrogens is 3. The van der Waals surface area contributed by atoms with Gasteiger partial charge in [0.2, 0.25) is 5.91 Å². The van der Waals surface area contributed by atoms with Crippen molar-refractivity contribution in [3.63, 3.8) is 0 Å². The summed E-state index contributed by atoms with van der Waals surface area (Å²) in [4.78, 5) is 22.6. The number of fused-ring (bicyclic) bond motifs is 3. The molecule has 1 aromatic carbocycles. The number of thiophene rings is 1. The van der Waals surface area contributed by atoms with Crippen LogP contribution in [0.2, 0.25) is 0 Å². The van der Waals surface area contributed by atoms with E-state index in [1.165, 1.54) is 0 Å². The largest absolute Gasteiger partial charge is 0.370 e. The van der Waals surface area contributed by atoms with Crippen molar-refractivity contribution in [1.29, 1.82) is 0 Å². The van der Waals surface area contributed by atoms with Gasteiger partial charge < -0.3 is 16.8 Å². The first-order valence-corrected chi connectivity index (χ1v) is 9.39. The summed E-state index contributed by atoms with van der Waals surface area (Å²) in [5.41, 5.74) is 15.9. The van der Waals surface area contributed by atoms with Crippen LogP contribution in [0.1, 0.15) is 11.3 Å². The number of amides is 1. The van der Waals surface area contributed by atoms with Crippen molar-refractivity contribution in [3.05, 3.63) is 47.8 Å². The third kappa shape index (κ3) is 3.02. The minimum absolute atomic E-state index is 0.418. The van der Waals surface area contributed by atoms with Gasteiger partial charge in [-0.05, 0) is 30.5 Å². The SMILES string of the molecule is CNc1nc2cc(-c3cccc(C[C@@H](N)C(N)=O)c3)sc2n2c(C)cnc12. The highest BCUT2D eigenvalue weighted by Crippen LogP contribution is 2.35. The van der Waals surface area contributed by atoms with Crippen LogP contribution in [0, 0.1) is 6.92 Å². The van der Waals surface area contributed by atoms with Gasteiger partial charge in [0, 0.05) is 23.8 Å². The minimum Gasteiger partial charge on any atom is -0.370 e. The maximum absolute atomic E-state index is 11.2. The lowest BCUT2D eigenvalue weighted by molar-refractivity contribution is -0.119. The van der Waals surface area contributed by atoms with Gasteiger partial charge in [0.1, 0.15) is 10.3 Å². The molecule has 1 amide bonds. The monoisotopic (exact) mass is 380 g/mol. The molecule has 5 N–H and O–H groups in total. The summed E-state index contributed by atoms with van der Waals surface area (Å²) in [5.74, 6) is 0.255. The van der Waals surface area contributed by atoms with E-state index in [1.54, 1.807) is 11.3 Å². The van der Waals surface area contributed by atoms with Crippen LogP contribution in [0.15, 0.2) is 36.5 Å². The summed E-state index contributed by atoms with van der Waals surface area (Å²) in [5, 5.41) is 3.12. The van der Waals surface area contributed by atoms with Gasteiger partial charge in [-0.1, -0.05) is 24.3 Å². The molecule has 0 saturated heterocycles. The Hall–Kier alpha value is -2.97. The Kier molecular flexibility index (Phi) is 4.29. The third-order valence-electron chi connectivity index (χ3n) is 4.55. The smallest absolute Gasteiger partial charge is 0.234 e. The third-order valence-corrected chi connectivity index (χ3v) is 5.71. The van der Waals surface area contributed by atoms with Gasteiger partial charge >= 0.3 is 0 Å². The zero-order valence-electron chi connectivity index (χ0n) is 15.1. The minimum atomic E-state index is -0.685. The standard InChI is InChI=1S/C19H20N6OS/c1-10-9-23-18-17(22-2)24-14-8-15(27-19(14)25(10)18)12-5-3-4-11(6-12)7-13(20)16(21)26/h3-6,8-9,13H,7,20H2,1-2H3,(H2,21,26)(H,22,24)/t13-/m1/s1. The van der Waals surface area contributed by atoms with Crippen molar-refractivity contribution >= 4 is 39.1 Å². The highest BCUT2D eigenvalue weighted by atomic mass is 32.1. The molecule has 8 heteroatoms. The fourth-order valence-electron chi connectivity index (χ4n) is 3.16. The van der Waals surface area contributed by atoms with E-state index in [-0.39, 0.29) is 0 Å². The Balaban J connectivity index is 1.82. The molecule has 27 heavy (non-hydrogen) atoms. The molecule has 7 nitrogen and oxygen atoms in total. The van der Waals surface area contributed by atoms with E-state index in [1.807, 2.05) is 44.4 Å². The molecule has 0 bridgehead atoms. The zero-order valence-corrected chi connectivity index (χ0v) is 15.9. The van der Waals surface area contributed by atoms with Crippen LogP contribution >= 0.6 is 11.3 Å². The first kappa shape index (κ1) is 17.4. The van der Waals surface area contributed by atoms with E-state index in [0.29, 0.717) is 6.42 Å². The molecule has 0 spiro atoms. The Morgan fingerprint density at radius 1 is 1.37 bits per heavy atom. The molecular weight excluding hydrogens is 360 g/mol. The van der Waals surface area contributed by atoms with Gasteiger partial charge in [-0.3, -0.25) is 9.20 Å². The topological polar surface area (TPSA) is 111 Å². The summed E-state index contributed by atoms with van der Waals surface area (Å²) in [7, 11) is 1.84. The van der Waals surface area contributed by atoms with Crippen LogP contribution in [0.5, 0.6) is 0 Å². The maximum Gasteiger partial charge on any atom is 0.234 e. The Labute approximate surface area is 160 Å². The van der Waals surface area contributed by atoms with Crippen molar-refractivity contribution < 1.29 is 4.79 Å². The first-order chi connectivity index (χ1) is 13.0. The van der Waals surface area contributed by atoms with Gasteiger partial charge in [0.25, 0.3) is 0 Å². The number of primary amides is 1. The number of hydrogen-bond donors (Lipinski definition) is 3. The lowest BCUT2D eigenvalue weighted by atomic mass is 10.0. The molecule has 0 radical (unpaired) electrons. The highest BCUT2D eigenvalue weighted by molar-refractivity contribution is 7.21. The molecule has 0 aliphatic rings. The predicted octanol–water partition coefficient (Wildman–Crippen LogP) is 2.32. The van der Waals surface area contributed by atoms with E-state index in [0.717, 1.165) is 43.5 Å². The van der Waals surface area contributed by atoms with Crippen LogP contribution in [-0.2, 0) is 11.2 Å². The van der Waals surface area contributed by atoms with Crippen LogP contribution in [0.25, 0.3) is 26.4 Å². The van der Waals surface area contributed by atoms with E-state index in [4.69, 9.17) is 16.5 Å². The van der Waals surface area contributed by atoms with Gasteiger partial charge in [-0.2, -0.15) is 0 Å². The summed E-state index contributed by atoms with van der Waals surface area (Å²) >= 11 is 1.66. The molecule has 1 atom stereocenters.